The summed E-state index contributed by atoms with van der Waals surface area (Å²) in [6, 6.07) is 24.2. The summed E-state index contributed by atoms with van der Waals surface area (Å²) in [7, 11) is 5.59. The molecule has 5 heterocycles. The topological polar surface area (TPSA) is 471 Å². The van der Waals surface area contributed by atoms with Crippen LogP contribution in [0.2, 0.25) is 0 Å². The number of ether oxygens (including phenoxy) is 12. The van der Waals surface area contributed by atoms with Gasteiger partial charge in [-0.3, -0.25) is 43.3 Å². The predicted octanol–water partition coefficient (Wildman–Crippen LogP) is 6.39. The maximum atomic E-state index is 14.4. The van der Waals surface area contributed by atoms with Crippen LogP contribution in [0.25, 0.3) is 11.3 Å². The summed E-state index contributed by atoms with van der Waals surface area (Å²) in [6.07, 6.45) is -7.72. The smallest absolute Gasteiger partial charge is 0.409 e. The quantitative estimate of drug-likeness (QED) is 0.0152. The van der Waals surface area contributed by atoms with E-state index in [2.05, 4.69) is 36.4 Å². The molecule has 0 spiro atoms. The Morgan fingerprint density at radius 3 is 2.10 bits per heavy atom. The average Bonchev–Trinajstić information content (AvgIpc) is 1.45. The van der Waals surface area contributed by atoms with Gasteiger partial charge >= 0.3 is 18.2 Å². The maximum absolute atomic E-state index is 14.4. The van der Waals surface area contributed by atoms with Crippen molar-refractivity contribution in [3.05, 3.63) is 147 Å². The maximum Gasteiger partial charge on any atom is 0.409 e. The summed E-state index contributed by atoms with van der Waals surface area (Å²) < 4.78 is 69.5. The van der Waals surface area contributed by atoms with E-state index in [0.717, 1.165) is 38.5 Å². The number of phenols is 2. The number of nitrogens with one attached hydrogen (secondary N) is 4. The lowest BCUT2D eigenvalue weighted by Gasteiger charge is -2.43. The molecule has 7 aliphatic rings. The average molecular weight is 1740 g/mol. The number of amides is 8. The highest BCUT2D eigenvalue weighted by Gasteiger charge is 2.56. The van der Waals surface area contributed by atoms with Crippen molar-refractivity contribution in [2.24, 2.45) is 27.8 Å². The first-order valence-corrected chi connectivity index (χ1v) is 41.8. The third-order valence-corrected chi connectivity index (χ3v) is 23.0. The molecular formula is C88H109N11O26. The summed E-state index contributed by atoms with van der Waals surface area (Å²) in [5, 5.41) is 56.5. The highest BCUT2D eigenvalue weighted by molar-refractivity contribution is 6.31. The van der Waals surface area contributed by atoms with Crippen LogP contribution in [0.15, 0.2) is 101 Å². The van der Waals surface area contributed by atoms with Gasteiger partial charge in [-0.05, 0) is 66.6 Å². The number of benzene rings is 5. The number of rotatable bonds is 41. The molecule has 8 amide bonds. The van der Waals surface area contributed by atoms with Crippen LogP contribution in [-0.4, -0.2) is 277 Å². The standard InChI is InChI=1S/C88H109N11O26/c1-50(2)75(94-68(103)27-33-116-36-38-118-40-41-119-39-37-117-34-29-90-67(102)25-26-69(104)99-47-54-14-8-9-16-56(54)60-46-92-95-76(60)57-17-10-11-19-61(57)99)63(100)42-53(15-13-28-91-85(89)110)82(109)93-55-23-21-52(22-24-55)48-121-86(111)96(4)30-31-97(5)87(112)122-49-66(101)88(113)44-59-72(80(108)74-73(78(59)106)77(105)58-18-12-20-64(114-6)71(58)79(74)107)65(45-88)124-70-43-62-81(51(3)123-70)125-83-84(115-7)120-35-32-98(62)83/h8-12,14,16-24,50-51,53,62,65,70,75,81,83-84,106,108,113H,13,15,25-49H2,1-7H3,(H,90,102)(H,93,109)(H,94,103)(H3,89,91,110)/t51-,53+,62-,65-,70?,75-,81+,83+,84-,88-/m0/s1. The van der Waals surface area contributed by atoms with Gasteiger partial charge in [0.1, 0.15) is 41.3 Å². The summed E-state index contributed by atoms with van der Waals surface area (Å²) in [5.74, 6) is -7.24. The monoisotopic (exact) mass is 1740 g/mol. The number of aromatic hydroxyl groups is 2. The number of morpholine rings is 1. The van der Waals surface area contributed by atoms with Crippen LogP contribution in [0.5, 0.6) is 17.2 Å². The summed E-state index contributed by atoms with van der Waals surface area (Å²) in [5.41, 5.74) is 7.15. The van der Waals surface area contributed by atoms with Gasteiger partial charge in [0.2, 0.25) is 35.2 Å². The van der Waals surface area contributed by atoms with Gasteiger partial charge in [0, 0.05) is 144 Å². The Hall–Kier alpha value is -11.2. The van der Waals surface area contributed by atoms with Crippen molar-refractivity contribution in [2.75, 3.05) is 144 Å². The van der Waals surface area contributed by atoms with Crippen molar-refractivity contribution < 1.29 is 125 Å². The Kier molecular flexibility index (Phi) is 32.1. The minimum Gasteiger partial charge on any atom is -0.507 e. The van der Waals surface area contributed by atoms with Gasteiger partial charge in [0.25, 0.3) is 0 Å². The lowest BCUT2D eigenvalue weighted by atomic mass is 9.72. The van der Waals surface area contributed by atoms with E-state index in [-0.39, 0.29) is 188 Å². The van der Waals surface area contributed by atoms with E-state index in [9.17, 15) is 68.1 Å². The highest BCUT2D eigenvalue weighted by atomic mass is 16.7. The zero-order valence-corrected chi connectivity index (χ0v) is 71.0. The van der Waals surface area contributed by atoms with Gasteiger partial charge in [0.05, 0.1) is 120 Å². The van der Waals surface area contributed by atoms with E-state index in [1.807, 2.05) is 48.5 Å². The zero-order chi connectivity index (χ0) is 89.2. The molecule has 3 saturated heterocycles. The molecule has 0 bridgehead atoms. The largest absolute Gasteiger partial charge is 0.507 e. The number of hydrogen-bond acceptors (Lipinski definition) is 29. The second-order valence-corrected chi connectivity index (χ2v) is 31.8. The van der Waals surface area contributed by atoms with Gasteiger partial charge < -0.3 is 114 Å². The number of carbonyl (C=O) groups is 11. The molecule has 37 nitrogen and oxygen atoms in total. The molecule has 12 rings (SSSR count). The molecule has 5 aliphatic heterocycles. The number of hydrogen-bond donors (Lipinski definition) is 8. The number of primary amides is 1. The fourth-order valence-corrected chi connectivity index (χ4v) is 16.4. The second kappa shape index (κ2) is 43.1. The number of para-hydroxylation sites is 1. The molecule has 9 N–H and O–H groups in total. The number of azo groups is 1. The second-order valence-electron chi connectivity index (χ2n) is 31.8. The minimum atomic E-state index is -2.50. The van der Waals surface area contributed by atoms with Crippen molar-refractivity contribution in [3.63, 3.8) is 0 Å². The number of Topliss-reactive ketones (excluding diaryl/α,β-unsaturated/α-hetero) is 2. The Bertz CT molecular complexity index is 4850. The van der Waals surface area contributed by atoms with E-state index in [0.29, 0.717) is 37.5 Å². The van der Waals surface area contributed by atoms with Crippen molar-refractivity contribution in [1.82, 2.24) is 30.7 Å². The van der Waals surface area contributed by atoms with Crippen molar-refractivity contribution in [3.8, 4) is 17.2 Å². The molecule has 672 valence electrons. The van der Waals surface area contributed by atoms with Crippen molar-refractivity contribution in [2.45, 2.75) is 147 Å². The molecule has 0 aromatic heterocycles. The zero-order valence-electron chi connectivity index (χ0n) is 71.0. The molecule has 5 aromatic rings. The van der Waals surface area contributed by atoms with Crippen LogP contribution in [0.4, 0.5) is 25.8 Å². The molecule has 37 heteroatoms. The predicted molar refractivity (Wildman–Crippen MR) is 446 cm³/mol. The third kappa shape index (κ3) is 22.5. The van der Waals surface area contributed by atoms with Gasteiger partial charge in [-0.25, -0.2) is 14.4 Å². The normalized spacial score (nSPS) is 20.8. The fraction of sp³-hybridized carbons (Fsp3) is 0.511. The summed E-state index contributed by atoms with van der Waals surface area (Å²) in [6.45, 7) is 7.72. The van der Waals surface area contributed by atoms with Crippen LogP contribution in [0, 0.1) is 11.8 Å². The number of urea groups is 1. The van der Waals surface area contributed by atoms with E-state index in [1.165, 1.54) is 51.4 Å². The molecule has 1 unspecified atom stereocenters. The number of nitrogens with two attached hydrogens (primary N) is 1. The van der Waals surface area contributed by atoms with Crippen LogP contribution < -0.4 is 36.6 Å². The molecule has 0 radical (unpaired) electrons. The number of methoxy groups -OCH3 is 2. The molecule has 10 atom stereocenters. The Balaban J connectivity index is 0.533. The Labute approximate surface area is 722 Å². The molecule has 125 heavy (non-hydrogen) atoms. The van der Waals surface area contributed by atoms with E-state index >= 15 is 0 Å². The van der Waals surface area contributed by atoms with Crippen LogP contribution in [0.3, 0.4) is 0 Å². The SMILES string of the molecule is COc1cccc2c1C(=O)c1c(O)c3c(c(O)c1C2=O)C[C@@](O)(C(=O)COC(=O)N(C)CCN(C)C(=O)OCc1ccc(NC(=O)[C@H](CCCNC(N)=O)CC(=O)[C@@H](NC(=O)CCOCCOCCOCCOCCNC(=O)CCC(=O)N2Cc4ccccc4C4=C(N=NC4)c4ccccc42)C(C)C)cc1)C[C@@H]3OC1C[C@H]2[C@H](O[C@@H]3[C@@H](OC)OCCN32)[C@H](C)O1. The molecule has 2 aliphatic carbocycles. The Morgan fingerprint density at radius 1 is 0.728 bits per heavy atom. The number of carbonyl (C=O) groups excluding carboxylic acids is 11. The first kappa shape index (κ1) is 92.9. The number of fused-ring (bicyclic) bond motifs is 10. The molecule has 0 saturated carbocycles. The summed E-state index contributed by atoms with van der Waals surface area (Å²) >= 11 is 0. The number of ketones is 4. The number of aliphatic hydroxyl groups is 1. The fourth-order valence-electron chi connectivity index (χ4n) is 16.4. The number of phenolic OH excluding ortho intramolecular Hbond substituents is 2. The molecule has 5 aromatic carbocycles. The highest BCUT2D eigenvalue weighted by Crippen LogP contribution is 2.54. The number of nitrogens with zero attached hydrogens (tertiary/aromatic N) is 6. The van der Waals surface area contributed by atoms with Crippen LogP contribution in [0.1, 0.15) is 143 Å². The first-order valence-electron chi connectivity index (χ1n) is 41.8. The van der Waals surface area contributed by atoms with E-state index in [4.69, 9.17) is 62.6 Å². The first-order chi connectivity index (χ1) is 60.2. The Morgan fingerprint density at radius 2 is 1.40 bits per heavy atom. The lowest BCUT2D eigenvalue weighted by Crippen LogP contribution is -2.55. The molecular weight excluding hydrogens is 1630 g/mol. The van der Waals surface area contributed by atoms with Gasteiger partial charge in [0.15, 0.2) is 37.0 Å². The minimum absolute atomic E-state index is 0.00588. The lowest BCUT2D eigenvalue weighted by molar-refractivity contribution is -0.256. The van der Waals surface area contributed by atoms with Crippen LogP contribution in [-0.2, 0) is 100 Å². The van der Waals surface area contributed by atoms with Crippen LogP contribution >= 0.6 is 0 Å². The molecule has 3 fully saturated rings. The van der Waals surface area contributed by atoms with Gasteiger partial charge in [-0.15, -0.1) is 0 Å². The van der Waals surface area contributed by atoms with E-state index < -0.39 is 144 Å². The van der Waals surface area contributed by atoms with E-state index in [1.54, 1.807) is 49.9 Å². The van der Waals surface area contributed by atoms with Gasteiger partial charge in [-0.2, -0.15) is 10.2 Å². The number of likely N-dealkylation sites (N-methyl/N-ethyl adjacent to an activating group) is 2. The van der Waals surface area contributed by atoms with Crippen molar-refractivity contribution >= 4 is 87.6 Å². The van der Waals surface area contributed by atoms with Crippen molar-refractivity contribution in [1.29, 1.82) is 0 Å². The van der Waals surface area contributed by atoms with Gasteiger partial charge in [-0.1, -0.05) is 80.6 Å². The summed E-state index contributed by atoms with van der Waals surface area (Å²) in [4.78, 5) is 155. The third-order valence-electron chi connectivity index (χ3n) is 23.0. The number of anilines is 2.